The third kappa shape index (κ3) is 3.50. The lowest BCUT2D eigenvalue weighted by Gasteiger charge is -2.13. The van der Waals surface area contributed by atoms with Crippen LogP contribution in [0.4, 0.5) is 17.6 Å². The van der Waals surface area contributed by atoms with E-state index in [1.54, 1.807) is 0 Å². The van der Waals surface area contributed by atoms with Crippen molar-refractivity contribution in [3.8, 4) is 5.75 Å². The predicted octanol–water partition coefficient (Wildman–Crippen LogP) is 4.73. The first-order valence-corrected chi connectivity index (χ1v) is 5.91. The molecule has 0 aliphatic heterocycles. The molecule has 20 heavy (non-hydrogen) atoms. The van der Waals surface area contributed by atoms with Crippen LogP contribution in [0.5, 0.6) is 5.75 Å². The summed E-state index contributed by atoms with van der Waals surface area (Å²) in [5.41, 5.74) is 0.112. The molecule has 5 heteroatoms. The number of hydrogen-bond acceptors (Lipinski definition) is 1. The van der Waals surface area contributed by atoms with Gasteiger partial charge < -0.3 is 4.74 Å². The summed E-state index contributed by atoms with van der Waals surface area (Å²) in [6.45, 7) is 1.48. The molecule has 0 heterocycles. The molecule has 2 rings (SSSR count). The molecule has 0 saturated carbocycles. The van der Waals surface area contributed by atoms with Crippen LogP contribution in [-0.4, -0.2) is 0 Å². The minimum atomic E-state index is -4.40. The molecule has 0 aromatic heterocycles. The first-order valence-electron chi connectivity index (χ1n) is 5.91. The maximum atomic E-state index is 12.7. The minimum absolute atomic E-state index is 0.0840. The first kappa shape index (κ1) is 14.4. The van der Waals surface area contributed by atoms with E-state index in [-0.39, 0.29) is 23.7 Å². The zero-order valence-electron chi connectivity index (χ0n) is 10.7. The second-order valence-corrected chi connectivity index (χ2v) is 4.39. The van der Waals surface area contributed by atoms with Crippen LogP contribution in [0.15, 0.2) is 42.5 Å². The molecule has 0 atom stereocenters. The Morgan fingerprint density at radius 3 is 2.25 bits per heavy atom. The Kier molecular flexibility index (Phi) is 3.97. The van der Waals surface area contributed by atoms with Crippen LogP contribution in [0.2, 0.25) is 0 Å². The molecule has 2 aromatic rings. The van der Waals surface area contributed by atoms with Gasteiger partial charge in [0.25, 0.3) is 0 Å². The second-order valence-electron chi connectivity index (χ2n) is 4.39. The Labute approximate surface area is 113 Å². The van der Waals surface area contributed by atoms with Crippen LogP contribution in [0.25, 0.3) is 0 Å². The number of alkyl halides is 3. The number of benzene rings is 2. The average Bonchev–Trinajstić information content (AvgIpc) is 2.38. The van der Waals surface area contributed by atoms with Gasteiger partial charge in [-0.3, -0.25) is 0 Å². The van der Waals surface area contributed by atoms with Crippen LogP contribution in [0, 0.1) is 12.7 Å². The molecule has 0 radical (unpaired) electrons. The lowest BCUT2D eigenvalue weighted by atomic mass is 10.1. The van der Waals surface area contributed by atoms with E-state index in [0.717, 1.165) is 6.07 Å². The number of halogens is 4. The Morgan fingerprint density at radius 1 is 1.00 bits per heavy atom. The van der Waals surface area contributed by atoms with Crippen molar-refractivity contribution in [2.24, 2.45) is 0 Å². The second kappa shape index (κ2) is 5.53. The molecule has 0 aliphatic rings. The maximum Gasteiger partial charge on any atom is 0.416 e. The molecule has 0 aliphatic carbocycles. The van der Waals surface area contributed by atoms with Crippen LogP contribution in [0.3, 0.4) is 0 Å². The summed E-state index contributed by atoms with van der Waals surface area (Å²) in [4.78, 5) is 0. The van der Waals surface area contributed by atoms with Gasteiger partial charge in [-0.1, -0.05) is 18.2 Å². The van der Waals surface area contributed by atoms with Crippen molar-refractivity contribution in [1.82, 2.24) is 0 Å². The van der Waals surface area contributed by atoms with Crippen molar-refractivity contribution in [2.75, 3.05) is 0 Å². The lowest BCUT2D eigenvalue weighted by molar-refractivity contribution is -0.138. The largest absolute Gasteiger partial charge is 0.489 e. The van der Waals surface area contributed by atoms with Crippen molar-refractivity contribution in [3.05, 3.63) is 65.0 Å². The molecule has 0 fully saturated rings. The quantitative estimate of drug-likeness (QED) is 0.740. The highest BCUT2D eigenvalue weighted by Crippen LogP contribution is 2.34. The average molecular weight is 284 g/mol. The zero-order valence-corrected chi connectivity index (χ0v) is 10.7. The summed E-state index contributed by atoms with van der Waals surface area (Å²) in [5, 5.41) is 0. The van der Waals surface area contributed by atoms with E-state index >= 15 is 0 Å². The smallest absolute Gasteiger partial charge is 0.416 e. The topological polar surface area (TPSA) is 9.23 Å². The monoisotopic (exact) mass is 284 g/mol. The fourth-order valence-corrected chi connectivity index (χ4v) is 1.74. The van der Waals surface area contributed by atoms with E-state index < -0.39 is 11.7 Å². The van der Waals surface area contributed by atoms with E-state index in [4.69, 9.17) is 4.74 Å². The summed E-state index contributed by atoms with van der Waals surface area (Å²) in [5.74, 6) is -0.240. The third-order valence-electron chi connectivity index (χ3n) is 2.83. The summed E-state index contributed by atoms with van der Waals surface area (Å²) in [7, 11) is 0. The van der Waals surface area contributed by atoms with Crippen LogP contribution in [0.1, 0.15) is 16.7 Å². The molecule has 0 amide bonds. The SMILES string of the molecule is Cc1ccc(OCc2ccc(F)cc2)cc1C(F)(F)F. The van der Waals surface area contributed by atoms with E-state index in [2.05, 4.69) is 0 Å². The number of ether oxygens (including phenoxy) is 1. The molecule has 1 nitrogen and oxygen atoms in total. The molecular formula is C15H12F4O. The zero-order chi connectivity index (χ0) is 14.8. The van der Waals surface area contributed by atoms with Crippen molar-refractivity contribution in [2.45, 2.75) is 19.7 Å². The molecule has 106 valence electrons. The standard InChI is InChI=1S/C15H12F4O/c1-10-2-7-13(8-14(10)15(17,18)19)20-9-11-3-5-12(16)6-4-11/h2-8H,9H2,1H3. The van der Waals surface area contributed by atoms with Gasteiger partial charge in [-0.2, -0.15) is 13.2 Å². The van der Waals surface area contributed by atoms with Gasteiger partial charge >= 0.3 is 6.18 Å². The normalized spacial score (nSPS) is 11.4. The summed E-state index contributed by atoms with van der Waals surface area (Å²) < 4.78 is 56.2. The van der Waals surface area contributed by atoms with Crippen molar-refractivity contribution < 1.29 is 22.3 Å². The van der Waals surface area contributed by atoms with Crippen LogP contribution < -0.4 is 4.74 Å². The third-order valence-corrected chi connectivity index (χ3v) is 2.83. The highest BCUT2D eigenvalue weighted by molar-refractivity contribution is 5.36. The molecular weight excluding hydrogens is 272 g/mol. The molecule has 0 unspecified atom stereocenters. The van der Waals surface area contributed by atoms with Gasteiger partial charge in [0.2, 0.25) is 0 Å². The molecule has 0 saturated heterocycles. The van der Waals surface area contributed by atoms with E-state index in [0.29, 0.717) is 5.56 Å². The molecule has 2 aromatic carbocycles. The number of aryl methyl sites for hydroxylation is 1. The number of rotatable bonds is 3. The van der Waals surface area contributed by atoms with Crippen LogP contribution >= 0.6 is 0 Å². The van der Waals surface area contributed by atoms with Crippen molar-refractivity contribution in [1.29, 1.82) is 0 Å². The highest BCUT2D eigenvalue weighted by Gasteiger charge is 2.32. The maximum absolute atomic E-state index is 12.7. The van der Waals surface area contributed by atoms with Crippen molar-refractivity contribution in [3.63, 3.8) is 0 Å². The Balaban J connectivity index is 2.12. The molecule has 0 spiro atoms. The minimum Gasteiger partial charge on any atom is -0.489 e. The highest BCUT2D eigenvalue weighted by atomic mass is 19.4. The van der Waals surface area contributed by atoms with Crippen LogP contribution in [-0.2, 0) is 12.8 Å². The van der Waals surface area contributed by atoms with E-state index in [1.807, 2.05) is 0 Å². The summed E-state index contributed by atoms with van der Waals surface area (Å²) in [6.07, 6.45) is -4.40. The van der Waals surface area contributed by atoms with E-state index in [9.17, 15) is 17.6 Å². The van der Waals surface area contributed by atoms with Gasteiger partial charge in [0.1, 0.15) is 18.2 Å². The van der Waals surface area contributed by atoms with Gasteiger partial charge in [0.15, 0.2) is 0 Å². The van der Waals surface area contributed by atoms with Crippen molar-refractivity contribution >= 4 is 0 Å². The Hall–Kier alpha value is -2.04. The molecule has 0 bridgehead atoms. The summed E-state index contributed by atoms with van der Waals surface area (Å²) in [6, 6.07) is 9.40. The Bertz CT molecular complexity index is 588. The van der Waals surface area contributed by atoms with Gasteiger partial charge in [-0.25, -0.2) is 4.39 Å². The summed E-state index contributed by atoms with van der Waals surface area (Å²) >= 11 is 0. The number of hydrogen-bond donors (Lipinski definition) is 0. The lowest BCUT2D eigenvalue weighted by Crippen LogP contribution is -2.08. The predicted molar refractivity (Wildman–Crippen MR) is 66.9 cm³/mol. The van der Waals surface area contributed by atoms with E-state index in [1.165, 1.54) is 43.3 Å². The fraction of sp³-hybridized carbons (Fsp3) is 0.200. The van der Waals surface area contributed by atoms with Gasteiger partial charge in [-0.15, -0.1) is 0 Å². The van der Waals surface area contributed by atoms with Gasteiger partial charge in [0, 0.05) is 0 Å². The first-order chi connectivity index (χ1) is 9.36. The van der Waals surface area contributed by atoms with Gasteiger partial charge in [-0.05, 0) is 42.3 Å². The Morgan fingerprint density at radius 2 is 1.65 bits per heavy atom. The fourth-order valence-electron chi connectivity index (χ4n) is 1.74. The van der Waals surface area contributed by atoms with Gasteiger partial charge in [0.05, 0.1) is 5.56 Å². The molecule has 0 N–H and O–H groups in total.